The van der Waals surface area contributed by atoms with E-state index in [1.807, 2.05) is 0 Å². The number of nitrogens with one attached hydrogen (secondary N) is 1. The first-order valence-corrected chi connectivity index (χ1v) is 6.39. The van der Waals surface area contributed by atoms with E-state index in [9.17, 15) is 18.4 Å². The van der Waals surface area contributed by atoms with E-state index in [0.29, 0.717) is 5.76 Å². The minimum Gasteiger partial charge on any atom is -0.452 e. The molecular weight excluding hydrogens is 314 g/mol. The molecule has 0 spiro atoms. The summed E-state index contributed by atoms with van der Waals surface area (Å²) < 4.78 is 37.7. The molecule has 0 bridgehead atoms. The third kappa shape index (κ3) is 5.06. The van der Waals surface area contributed by atoms with E-state index in [1.165, 1.54) is 30.3 Å². The summed E-state index contributed by atoms with van der Waals surface area (Å²) in [7, 11) is 0. The molecule has 23 heavy (non-hydrogen) atoms. The van der Waals surface area contributed by atoms with E-state index in [4.69, 9.17) is 9.26 Å². The topological polar surface area (TPSA) is 90.7 Å². The van der Waals surface area contributed by atoms with E-state index in [2.05, 4.69) is 15.2 Å². The molecule has 0 radical (unpaired) electrons. The summed E-state index contributed by atoms with van der Waals surface area (Å²) in [5, 5.41) is 5.93. The Labute approximate surface area is 129 Å². The van der Waals surface area contributed by atoms with E-state index < -0.39 is 25.1 Å². The highest BCUT2D eigenvalue weighted by atomic mass is 19.3. The molecule has 122 valence electrons. The quantitative estimate of drug-likeness (QED) is 0.820. The largest absolute Gasteiger partial charge is 0.452 e. The number of carbonyl (C=O) groups excluding carboxylic acids is 2. The van der Waals surface area contributed by atoms with Gasteiger partial charge in [-0.25, -0.2) is 4.79 Å². The van der Waals surface area contributed by atoms with Crippen LogP contribution in [-0.2, 0) is 9.53 Å². The van der Waals surface area contributed by atoms with Crippen molar-refractivity contribution in [1.29, 1.82) is 0 Å². The molecule has 0 aliphatic carbocycles. The van der Waals surface area contributed by atoms with Gasteiger partial charge in [-0.2, -0.15) is 8.78 Å². The highest BCUT2D eigenvalue weighted by Crippen LogP contribution is 2.15. The maximum atomic E-state index is 12.0. The standard InChI is InChI=1S/C14H12F2N2O5/c1-8-6-11(18-23-8)17-12(19)7-21-13(20)9-2-4-10(5-3-9)22-14(15)16/h2-6,14H,7H2,1H3,(H,17,18,19). The van der Waals surface area contributed by atoms with Gasteiger partial charge >= 0.3 is 12.6 Å². The van der Waals surface area contributed by atoms with Gasteiger partial charge in [-0.05, 0) is 31.2 Å². The number of halogens is 2. The number of esters is 1. The summed E-state index contributed by atoms with van der Waals surface area (Å²) in [5.74, 6) is -0.736. The number of aromatic nitrogens is 1. The lowest BCUT2D eigenvalue weighted by Gasteiger charge is -2.06. The van der Waals surface area contributed by atoms with Gasteiger partial charge in [-0.15, -0.1) is 0 Å². The molecule has 2 rings (SSSR count). The fourth-order valence-electron chi connectivity index (χ4n) is 1.59. The van der Waals surface area contributed by atoms with Crippen molar-refractivity contribution in [2.24, 2.45) is 0 Å². The first-order valence-electron chi connectivity index (χ1n) is 6.39. The zero-order chi connectivity index (χ0) is 16.8. The number of aryl methyl sites for hydroxylation is 1. The zero-order valence-corrected chi connectivity index (χ0v) is 11.9. The Balaban J connectivity index is 1.83. The van der Waals surface area contributed by atoms with E-state index in [1.54, 1.807) is 6.92 Å². The van der Waals surface area contributed by atoms with Crippen molar-refractivity contribution in [3.63, 3.8) is 0 Å². The molecule has 0 atom stereocenters. The highest BCUT2D eigenvalue weighted by molar-refractivity contribution is 5.95. The van der Waals surface area contributed by atoms with E-state index in [-0.39, 0.29) is 17.1 Å². The van der Waals surface area contributed by atoms with Gasteiger partial charge in [0, 0.05) is 6.07 Å². The summed E-state index contributed by atoms with van der Waals surface area (Å²) in [6.07, 6.45) is 0. The van der Waals surface area contributed by atoms with Crippen LogP contribution in [0, 0.1) is 6.92 Å². The molecule has 0 aliphatic rings. The zero-order valence-electron chi connectivity index (χ0n) is 11.9. The number of carbonyl (C=O) groups is 2. The Morgan fingerprint density at radius 2 is 2.00 bits per heavy atom. The van der Waals surface area contributed by atoms with Crippen molar-refractivity contribution >= 4 is 17.7 Å². The molecule has 1 aromatic carbocycles. The van der Waals surface area contributed by atoms with Crippen molar-refractivity contribution < 1.29 is 32.4 Å². The Bertz CT molecular complexity index is 685. The van der Waals surface area contributed by atoms with Gasteiger partial charge in [-0.1, -0.05) is 5.16 Å². The molecule has 0 saturated heterocycles. The molecule has 1 N–H and O–H groups in total. The maximum Gasteiger partial charge on any atom is 0.387 e. The van der Waals surface area contributed by atoms with Gasteiger partial charge in [0.15, 0.2) is 12.4 Å². The Morgan fingerprint density at radius 3 is 2.57 bits per heavy atom. The number of amides is 1. The molecule has 9 heteroatoms. The lowest BCUT2D eigenvalue weighted by Crippen LogP contribution is -2.21. The van der Waals surface area contributed by atoms with Gasteiger partial charge in [0.05, 0.1) is 5.56 Å². The number of benzene rings is 1. The summed E-state index contributed by atoms with van der Waals surface area (Å²) >= 11 is 0. The fourth-order valence-corrected chi connectivity index (χ4v) is 1.59. The molecule has 0 saturated carbocycles. The maximum absolute atomic E-state index is 12.0. The predicted molar refractivity (Wildman–Crippen MR) is 73.2 cm³/mol. The van der Waals surface area contributed by atoms with Gasteiger partial charge in [0.2, 0.25) is 0 Å². The molecule has 7 nitrogen and oxygen atoms in total. The molecule has 1 aromatic heterocycles. The van der Waals surface area contributed by atoms with Gasteiger partial charge in [0.1, 0.15) is 11.5 Å². The number of alkyl halides is 2. The molecule has 2 aromatic rings. The first-order chi connectivity index (χ1) is 10.9. The second-order valence-corrected chi connectivity index (χ2v) is 4.35. The molecule has 0 fully saturated rings. The fraction of sp³-hybridized carbons (Fsp3) is 0.214. The van der Waals surface area contributed by atoms with Crippen molar-refractivity contribution in [3.05, 3.63) is 41.7 Å². The SMILES string of the molecule is Cc1cc(NC(=O)COC(=O)c2ccc(OC(F)F)cc2)no1. The van der Waals surface area contributed by atoms with Crippen LogP contribution in [0.15, 0.2) is 34.9 Å². The van der Waals surface area contributed by atoms with E-state index >= 15 is 0 Å². The first kappa shape index (κ1) is 16.4. The lowest BCUT2D eigenvalue weighted by molar-refractivity contribution is -0.119. The smallest absolute Gasteiger partial charge is 0.387 e. The highest BCUT2D eigenvalue weighted by Gasteiger charge is 2.12. The average molecular weight is 326 g/mol. The van der Waals surface area contributed by atoms with Crippen molar-refractivity contribution in [3.8, 4) is 5.75 Å². The van der Waals surface area contributed by atoms with Crippen LogP contribution in [0.25, 0.3) is 0 Å². The summed E-state index contributed by atoms with van der Waals surface area (Å²) in [6.45, 7) is -1.82. The number of hydrogen-bond acceptors (Lipinski definition) is 6. The van der Waals surface area contributed by atoms with Crippen molar-refractivity contribution in [2.45, 2.75) is 13.5 Å². The number of ether oxygens (including phenoxy) is 2. The van der Waals surface area contributed by atoms with Gasteiger partial charge < -0.3 is 19.3 Å². The molecule has 1 heterocycles. The van der Waals surface area contributed by atoms with Crippen LogP contribution in [0.3, 0.4) is 0 Å². The van der Waals surface area contributed by atoms with Crippen molar-refractivity contribution in [1.82, 2.24) is 5.16 Å². The van der Waals surface area contributed by atoms with Crippen LogP contribution in [-0.4, -0.2) is 30.3 Å². The third-order valence-corrected chi connectivity index (χ3v) is 2.55. The van der Waals surface area contributed by atoms with Crippen LogP contribution >= 0.6 is 0 Å². The molecule has 0 unspecified atom stereocenters. The Hall–Kier alpha value is -2.97. The van der Waals surface area contributed by atoms with Gasteiger partial charge in [-0.3, -0.25) is 4.79 Å². The predicted octanol–water partition coefficient (Wildman–Crippen LogP) is 2.38. The Kier molecular flexibility index (Phi) is 5.23. The average Bonchev–Trinajstić information content (AvgIpc) is 2.90. The number of rotatable bonds is 6. The normalized spacial score (nSPS) is 10.4. The van der Waals surface area contributed by atoms with Crippen molar-refractivity contribution in [2.75, 3.05) is 11.9 Å². The van der Waals surface area contributed by atoms with Crippen LogP contribution in [0.5, 0.6) is 5.75 Å². The third-order valence-electron chi connectivity index (χ3n) is 2.55. The van der Waals surface area contributed by atoms with Crippen LogP contribution in [0.1, 0.15) is 16.1 Å². The second kappa shape index (κ2) is 7.34. The Morgan fingerprint density at radius 1 is 1.30 bits per heavy atom. The minimum atomic E-state index is -2.95. The summed E-state index contributed by atoms with van der Waals surface area (Å²) in [5.41, 5.74) is 0.0942. The summed E-state index contributed by atoms with van der Waals surface area (Å²) in [6, 6.07) is 6.39. The monoisotopic (exact) mass is 326 g/mol. The van der Waals surface area contributed by atoms with Crippen LogP contribution in [0.2, 0.25) is 0 Å². The molecule has 1 amide bonds. The number of anilines is 1. The number of hydrogen-bond donors (Lipinski definition) is 1. The van der Waals surface area contributed by atoms with E-state index in [0.717, 1.165) is 0 Å². The van der Waals surface area contributed by atoms with Gasteiger partial charge in [0.25, 0.3) is 5.91 Å². The molecule has 0 aliphatic heterocycles. The minimum absolute atomic E-state index is 0.0873. The summed E-state index contributed by atoms with van der Waals surface area (Å²) in [4.78, 5) is 23.3. The lowest BCUT2D eigenvalue weighted by atomic mass is 10.2. The van der Waals surface area contributed by atoms with Crippen LogP contribution in [0.4, 0.5) is 14.6 Å². The van der Waals surface area contributed by atoms with Crippen LogP contribution < -0.4 is 10.1 Å². The molecular formula is C14H12F2N2O5. The second-order valence-electron chi connectivity index (χ2n) is 4.35. The number of nitrogens with zero attached hydrogens (tertiary/aromatic N) is 1.